The number of aliphatic hydroxyl groups excluding tert-OH is 1. The van der Waals surface area contributed by atoms with Crippen molar-refractivity contribution in [3.05, 3.63) is 20.9 Å². The Bertz CT molecular complexity index is 1210. The Morgan fingerprint density at radius 2 is 1.44 bits per heavy atom. The van der Waals surface area contributed by atoms with Gasteiger partial charge in [-0.05, 0) is 30.8 Å². The number of amides is 1. The fourth-order valence-electron chi connectivity index (χ4n) is 5.61. The minimum absolute atomic E-state index is 0.126. The SMILES string of the molecule is CCCN(C(C)=O)[C@@H]1CC(N=[N+]=[N-])[C@@H](O[C@H]2OC([C@@H](C)OC(C)=O)[C@@H](OC(C)=O)C(OC(C)=O)C2N=[N+]=[N-])C(O)C1OC(C)=O. The van der Waals surface area contributed by atoms with Crippen LogP contribution in [0.4, 0.5) is 0 Å². The zero-order valence-corrected chi connectivity index (χ0v) is 26.0. The molecule has 2 aliphatic rings. The van der Waals surface area contributed by atoms with Gasteiger partial charge in [-0.25, -0.2) is 0 Å². The molecule has 11 atom stereocenters. The quantitative estimate of drug-likeness (QED) is 0.105. The van der Waals surface area contributed by atoms with Crippen LogP contribution in [0.1, 0.15) is 61.3 Å². The molecular formula is C26H39N7O12. The molecular weight excluding hydrogens is 602 g/mol. The van der Waals surface area contributed by atoms with Gasteiger partial charge >= 0.3 is 23.9 Å². The van der Waals surface area contributed by atoms with Crippen LogP contribution in [-0.4, -0.2) is 113 Å². The first kappa shape index (κ1) is 37.0. The zero-order chi connectivity index (χ0) is 34.0. The summed E-state index contributed by atoms with van der Waals surface area (Å²) in [6, 6.07) is -3.68. The maximum atomic E-state index is 12.5. The molecule has 19 nitrogen and oxygen atoms in total. The Morgan fingerprint density at radius 1 is 0.889 bits per heavy atom. The Hall–Kier alpha value is -4.15. The number of hydrogen-bond donors (Lipinski definition) is 1. The molecule has 45 heavy (non-hydrogen) atoms. The van der Waals surface area contributed by atoms with Gasteiger partial charge in [-0.2, -0.15) is 0 Å². The molecule has 1 heterocycles. The second kappa shape index (κ2) is 16.8. The van der Waals surface area contributed by atoms with Crippen molar-refractivity contribution in [1.29, 1.82) is 0 Å². The molecule has 1 aliphatic heterocycles. The molecule has 250 valence electrons. The highest BCUT2D eigenvalue weighted by Gasteiger charge is 2.56. The molecule has 2 fully saturated rings. The van der Waals surface area contributed by atoms with E-state index in [9.17, 15) is 40.1 Å². The van der Waals surface area contributed by atoms with Gasteiger partial charge in [0, 0.05) is 51.0 Å². The first-order chi connectivity index (χ1) is 21.2. The summed E-state index contributed by atoms with van der Waals surface area (Å²) in [5.74, 6) is -3.58. The van der Waals surface area contributed by atoms with Gasteiger partial charge in [-0.1, -0.05) is 17.2 Å². The van der Waals surface area contributed by atoms with Gasteiger partial charge in [-0.3, -0.25) is 24.0 Å². The first-order valence-corrected chi connectivity index (χ1v) is 14.2. The van der Waals surface area contributed by atoms with Gasteiger partial charge in [-0.15, -0.1) is 0 Å². The summed E-state index contributed by atoms with van der Waals surface area (Å²) in [5.41, 5.74) is 18.8. The van der Waals surface area contributed by atoms with Crippen LogP contribution in [0, 0.1) is 0 Å². The predicted octanol–water partition coefficient (Wildman–Crippen LogP) is 1.59. The van der Waals surface area contributed by atoms with Crippen LogP contribution in [0.5, 0.6) is 0 Å². The van der Waals surface area contributed by atoms with E-state index >= 15 is 0 Å². The summed E-state index contributed by atoms with van der Waals surface area (Å²) in [6.07, 6.45) is -11.4. The Balaban J connectivity index is 2.66. The number of azide groups is 2. The molecule has 1 aliphatic carbocycles. The molecule has 0 aromatic heterocycles. The molecule has 0 spiro atoms. The van der Waals surface area contributed by atoms with Gasteiger partial charge in [0.1, 0.15) is 24.4 Å². The Kier molecular flexibility index (Phi) is 13.8. The number of carbonyl (C=O) groups is 5. The maximum Gasteiger partial charge on any atom is 0.303 e. The van der Waals surface area contributed by atoms with Gasteiger partial charge < -0.3 is 38.4 Å². The molecule has 1 saturated carbocycles. The minimum atomic E-state index is -1.74. The van der Waals surface area contributed by atoms with E-state index in [0.29, 0.717) is 6.42 Å². The number of hydrogen-bond acceptors (Lipinski definition) is 14. The molecule has 1 saturated heterocycles. The topological polar surface area (TPSA) is 262 Å². The van der Waals surface area contributed by atoms with Gasteiger partial charge in [0.25, 0.3) is 0 Å². The van der Waals surface area contributed by atoms with Crippen molar-refractivity contribution in [3.63, 3.8) is 0 Å². The predicted molar refractivity (Wildman–Crippen MR) is 149 cm³/mol. The van der Waals surface area contributed by atoms with Crippen LogP contribution in [0.3, 0.4) is 0 Å². The summed E-state index contributed by atoms with van der Waals surface area (Å²) in [7, 11) is 0. The van der Waals surface area contributed by atoms with Crippen molar-refractivity contribution in [2.75, 3.05) is 6.54 Å². The second-order valence-electron chi connectivity index (χ2n) is 10.6. The van der Waals surface area contributed by atoms with E-state index in [-0.39, 0.29) is 18.9 Å². The van der Waals surface area contributed by atoms with Crippen LogP contribution in [0.25, 0.3) is 20.9 Å². The average molecular weight is 642 g/mol. The highest BCUT2D eigenvalue weighted by atomic mass is 16.7. The third-order valence-corrected chi connectivity index (χ3v) is 7.14. The normalized spacial score (nSPS) is 31.6. The van der Waals surface area contributed by atoms with Crippen molar-refractivity contribution in [1.82, 2.24) is 4.90 Å². The number of rotatable bonds is 12. The molecule has 0 radical (unpaired) electrons. The number of nitrogens with zero attached hydrogens (tertiary/aromatic N) is 7. The minimum Gasteiger partial charge on any atom is -0.460 e. The standard InChI is InChI=1S/C26H39N7O12/c1-8-9-33(12(3)34)18-10-17(29-31-27)22(20(39)23(18)41-14(5)36)45-26-19(30-32-28)24(42-15(6)37)25(43-16(7)38)21(44-26)11(2)40-13(4)35/h11,17-26,39H,8-10H2,1-7H3/t11-,17?,18-,19?,20?,21?,22-,23?,24?,25-,26-/m1/s1. The van der Waals surface area contributed by atoms with Crippen molar-refractivity contribution >= 4 is 29.8 Å². The van der Waals surface area contributed by atoms with E-state index in [2.05, 4.69) is 20.1 Å². The highest BCUT2D eigenvalue weighted by Crippen LogP contribution is 2.37. The third kappa shape index (κ3) is 9.67. The molecule has 1 N–H and O–H groups in total. The van der Waals surface area contributed by atoms with E-state index in [1.54, 1.807) is 0 Å². The first-order valence-electron chi connectivity index (χ1n) is 14.2. The van der Waals surface area contributed by atoms with Crippen molar-refractivity contribution in [2.24, 2.45) is 10.2 Å². The van der Waals surface area contributed by atoms with Crippen LogP contribution in [0.2, 0.25) is 0 Å². The lowest BCUT2D eigenvalue weighted by Crippen LogP contribution is -2.66. The molecule has 19 heteroatoms. The van der Waals surface area contributed by atoms with Crippen LogP contribution in [-0.2, 0) is 52.4 Å². The van der Waals surface area contributed by atoms with E-state index < -0.39 is 91.0 Å². The summed E-state index contributed by atoms with van der Waals surface area (Å²) in [6.45, 7) is 9.12. The van der Waals surface area contributed by atoms with Crippen molar-refractivity contribution in [3.8, 4) is 0 Å². The van der Waals surface area contributed by atoms with E-state index in [1.165, 1.54) is 18.7 Å². The van der Waals surface area contributed by atoms with E-state index in [1.807, 2.05) is 6.92 Å². The summed E-state index contributed by atoms with van der Waals surface area (Å²) < 4.78 is 33.6. The number of esters is 4. The molecule has 2 rings (SSSR count). The molecule has 1 amide bonds. The number of carbonyl (C=O) groups excluding carboxylic acids is 5. The zero-order valence-electron chi connectivity index (χ0n) is 26.0. The summed E-state index contributed by atoms with van der Waals surface area (Å²) >= 11 is 0. The van der Waals surface area contributed by atoms with Crippen molar-refractivity contribution < 1.29 is 57.5 Å². The fraction of sp³-hybridized carbons (Fsp3) is 0.808. The smallest absolute Gasteiger partial charge is 0.303 e. The molecule has 0 aromatic rings. The Morgan fingerprint density at radius 3 is 1.93 bits per heavy atom. The van der Waals surface area contributed by atoms with Crippen LogP contribution >= 0.6 is 0 Å². The molecule has 0 aromatic carbocycles. The van der Waals surface area contributed by atoms with E-state index in [4.69, 9.17) is 28.4 Å². The monoisotopic (exact) mass is 641 g/mol. The lowest BCUT2D eigenvalue weighted by Gasteiger charge is -2.49. The highest BCUT2D eigenvalue weighted by molar-refractivity contribution is 5.74. The second-order valence-corrected chi connectivity index (χ2v) is 10.6. The van der Waals surface area contributed by atoms with Crippen LogP contribution < -0.4 is 0 Å². The maximum absolute atomic E-state index is 12.5. The number of ether oxygens (including phenoxy) is 6. The largest absolute Gasteiger partial charge is 0.460 e. The average Bonchev–Trinajstić information content (AvgIpc) is 2.92. The lowest BCUT2D eigenvalue weighted by atomic mass is 9.82. The summed E-state index contributed by atoms with van der Waals surface area (Å²) in [5, 5.41) is 19.0. The van der Waals surface area contributed by atoms with E-state index in [0.717, 1.165) is 27.7 Å². The molecule has 6 unspecified atom stereocenters. The molecule has 0 bridgehead atoms. The van der Waals surface area contributed by atoms with Crippen molar-refractivity contribution in [2.45, 2.75) is 128 Å². The third-order valence-electron chi connectivity index (χ3n) is 7.14. The van der Waals surface area contributed by atoms with Gasteiger partial charge in [0.05, 0.1) is 18.2 Å². The summed E-state index contributed by atoms with van der Waals surface area (Å²) in [4.78, 5) is 67.7. The van der Waals surface area contributed by atoms with Gasteiger partial charge in [0.2, 0.25) is 5.91 Å². The Labute approximate surface area is 258 Å². The fourth-order valence-corrected chi connectivity index (χ4v) is 5.61. The number of aliphatic hydroxyl groups is 1. The van der Waals surface area contributed by atoms with Crippen LogP contribution in [0.15, 0.2) is 10.2 Å². The van der Waals surface area contributed by atoms with Gasteiger partial charge in [0.15, 0.2) is 24.6 Å². The lowest BCUT2D eigenvalue weighted by molar-refractivity contribution is -0.306.